The van der Waals surface area contributed by atoms with Gasteiger partial charge in [0.1, 0.15) is 17.4 Å². The highest BCUT2D eigenvalue weighted by Gasteiger charge is 2.12. The molecule has 1 heterocycles. The Morgan fingerprint density at radius 2 is 2.03 bits per heavy atom. The lowest BCUT2D eigenvalue weighted by Crippen LogP contribution is -2.21. The zero-order valence-corrected chi connectivity index (χ0v) is 16.7. The number of hydrogen-bond acceptors (Lipinski definition) is 6. The lowest BCUT2D eigenvalue weighted by atomic mass is 10.1. The van der Waals surface area contributed by atoms with Gasteiger partial charge < -0.3 is 10.1 Å². The van der Waals surface area contributed by atoms with Gasteiger partial charge in [-0.15, -0.1) is 0 Å². The first-order chi connectivity index (χ1) is 14.1. The smallest absolute Gasteiger partial charge is 0.243 e. The number of rotatable bonds is 10. The fraction of sp³-hybridized carbons (Fsp3) is 0.318. The number of carbonyl (C=O) groups is 1. The normalized spacial score (nSPS) is 15.0. The van der Waals surface area contributed by atoms with E-state index >= 15 is 0 Å². The van der Waals surface area contributed by atoms with E-state index in [-0.39, 0.29) is 5.91 Å². The summed E-state index contributed by atoms with van der Waals surface area (Å²) < 4.78 is 5.73. The largest absolute Gasteiger partial charge is 0.494 e. The molecule has 3 N–H and O–H groups in total. The van der Waals surface area contributed by atoms with Crippen LogP contribution in [-0.4, -0.2) is 35.9 Å². The first-order valence-electron chi connectivity index (χ1n) is 9.63. The van der Waals surface area contributed by atoms with Crippen LogP contribution in [0.2, 0.25) is 0 Å². The van der Waals surface area contributed by atoms with E-state index in [1.54, 1.807) is 11.6 Å². The molecule has 0 unspecified atom stereocenters. The van der Waals surface area contributed by atoms with Crippen molar-refractivity contribution in [2.75, 3.05) is 18.5 Å². The van der Waals surface area contributed by atoms with E-state index in [4.69, 9.17) is 9.94 Å². The van der Waals surface area contributed by atoms with Crippen LogP contribution in [-0.2, 0) is 4.79 Å². The van der Waals surface area contributed by atoms with E-state index in [0.29, 0.717) is 19.6 Å². The lowest BCUT2D eigenvalue weighted by Gasteiger charge is -2.16. The van der Waals surface area contributed by atoms with Crippen molar-refractivity contribution in [3.8, 4) is 5.75 Å². The van der Waals surface area contributed by atoms with Crippen molar-refractivity contribution in [1.82, 2.24) is 5.48 Å². The number of nitrogens with one attached hydrogen (secondary N) is 2. The summed E-state index contributed by atoms with van der Waals surface area (Å²) in [6.45, 7) is 6.72. The van der Waals surface area contributed by atoms with E-state index < -0.39 is 0 Å². The Kier molecular flexibility index (Phi) is 9.38. The number of unbranched alkanes of at least 4 members (excludes halogenated alkanes) is 2. The number of benzene rings is 1. The highest BCUT2D eigenvalue weighted by atomic mass is 16.5. The molecule has 1 aliphatic rings. The summed E-state index contributed by atoms with van der Waals surface area (Å²) in [5, 5.41) is 11.8. The quantitative estimate of drug-likeness (QED) is 0.241. The molecule has 1 amide bonds. The van der Waals surface area contributed by atoms with Gasteiger partial charge in [0.25, 0.3) is 0 Å². The zero-order chi connectivity index (χ0) is 20.9. The third-order valence-corrected chi connectivity index (χ3v) is 4.16. The minimum Gasteiger partial charge on any atom is -0.494 e. The van der Waals surface area contributed by atoms with Crippen molar-refractivity contribution in [2.24, 2.45) is 9.98 Å². The summed E-state index contributed by atoms with van der Waals surface area (Å²) >= 11 is 0. The number of hydrogen-bond donors (Lipinski definition) is 3. The van der Waals surface area contributed by atoms with E-state index in [9.17, 15) is 4.79 Å². The Bertz CT molecular complexity index is 808. The number of amides is 1. The van der Waals surface area contributed by atoms with Crippen molar-refractivity contribution >= 4 is 23.3 Å². The first-order valence-corrected chi connectivity index (χ1v) is 9.63. The third-order valence-electron chi connectivity index (χ3n) is 4.16. The number of carbonyl (C=O) groups excluding carboxylic acids is 1. The van der Waals surface area contributed by atoms with Crippen molar-refractivity contribution < 1.29 is 14.7 Å². The SMILES string of the molecule is C=C/C=C\C=C1/CN=C(C)N=C1Nc1ccc(OCCCCCC(=O)NO)cc1. The number of allylic oxidation sites excluding steroid dienone is 4. The molecule has 7 heteroatoms. The molecule has 1 aliphatic heterocycles. The maximum absolute atomic E-state index is 10.9. The van der Waals surface area contributed by atoms with Crippen LogP contribution < -0.4 is 15.5 Å². The predicted octanol–water partition coefficient (Wildman–Crippen LogP) is 4.04. The monoisotopic (exact) mass is 396 g/mol. The third kappa shape index (κ3) is 8.15. The van der Waals surface area contributed by atoms with Crippen molar-refractivity contribution in [1.29, 1.82) is 0 Å². The number of amidine groups is 2. The van der Waals surface area contributed by atoms with Crippen LogP contribution in [0.15, 0.2) is 70.7 Å². The van der Waals surface area contributed by atoms with Gasteiger partial charge in [-0.3, -0.25) is 15.0 Å². The molecule has 2 rings (SSSR count). The number of nitrogens with zero attached hydrogens (tertiary/aromatic N) is 2. The maximum atomic E-state index is 10.9. The van der Waals surface area contributed by atoms with Crippen molar-refractivity contribution in [3.05, 3.63) is 60.7 Å². The standard InChI is InChI=1S/C22H28N4O3/c1-3-4-6-9-18-16-23-17(2)24-22(18)25-19-11-13-20(14-12-19)29-15-8-5-7-10-21(27)26-28/h3-4,6,9,11-14,28H,1,5,7-8,10,15-16H2,2H3,(H,26,27)(H,23,24,25)/b6-4-,18-9+. The van der Waals surface area contributed by atoms with Gasteiger partial charge in [-0.25, -0.2) is 10.5 Å². The second-order valence-electron chi connectivity index (χ2n) is 6.48. The van der Waals surface area contributed by atoms with Crippen molar-refractivity contribution in [3.63, 3.8) is 0 Å². The average molecular weight is 396 g/mol. The molecule has 0 aromatic heterocycles. The van der Waals surface area contributed by atoms with Gasteiger partial charge in [0, 0.05) is 17.7 Å². The summed E-state index contributed by atoms with van der Waals surface area (Å²) in [5.74, 6) is 1.96. The van der Waals surface area contributed by atoms with E-state index in [1.807, 2.05) is 49.4 Å². The Labute approximate surface area is 171 Å². The molecular formula is C22H28N4O3. The molecular weight excluding hydrogens is 368 g/mol. The lowest BCUT2D eigenvalue weighted by molar-refractivity contribution is -0.129. The van der Waals surface area contributed by atoms with Crippen LogP contribution in [0.4, 0.5) is 5.69 Å². The zero-order valence-electron chi connectivity index (χ0n) is 16.7. The molecule has 0 atom stereocenters. The summed E-state index contributed by atoms with van der Waals surface area (Å²) in [6.07, 6.45) is 10.2. The van der Waals surface area contributed by atoms with E-state index in [0.717, 1.165) is 47.9 Å². The number of hydroxylamine groups is 1. The van der Waals surface area contributed by atoms with E-state index in [2.05, 4.69) is 21.9 Å². The van der Waals surface area contributed by atoms with E-state index in [1.165, 1.54) is 0 Å². The fourth-order valence-corrected chi connectivity index (χ4v) is 2.62. The van der Waals surface area contributed by atoms with Gasteiger partial charge in [0.2, 0.25) is 5.91 Å². The van der Waals surface area contributed by atoms with Crippen LogP contribution in [0, 0.1) is 0 Å². The van der Waals surface area contributed by atoms with Gasteiger partial charge in [-0.1, -0.05) is 30.9 Å². The highest BCUT2D eigenvalue weighted by molar-refractivity contribution is 6.14. The second-order valence-corrected chi connectivity index (χ2v) is 6.48. The Balaban J connectivity index is 1.83. The molecule has 1 aromatic carbocycles. The van der Waals surface area contributed by atoms with Crippen LogP contribution in [0.3, 0.4) is 0 Å². The van der Waals surface area contributed by atoms with Crippen LogP contribution in [0.25, 0.3) is 0 Å². The van der Waals surface area contributed by atoms with Crippen LogP contribution in [0.1, 0.15) is 32.6 Å². The molecule has 0 saturated carbocycles. The highest BCUT2D eigenvalue weighted by Crippen LogP contribution is 2.18. The molecule has 0 bridgehead atoms. The summed E-state index contributed by atoms with van der Waals surface area (Å²) in [6, 6.07) is 7.71. The molecule has 7 nitrogen and oxygen atoms in total. The number of anilines is 1. The number of aliphatic imine (C=N–C) groups is 2. The van der Waals surface area contributed by atoms with Gasteiger partial charge in [0.15, 0.2) is 0 Å². The Morgan fingerprint density at radius 3 is 2.76 bits per heavy atom. The minimum atomic E-state index is -0.354. The Hall–Kier alpha value is -3.19. The fourth-order valence-electron chi connectivity index (χ4n) is 2.62. The summed E-state index contributed by atoms with van der Waals surface area (Å²) in [4.78, 5) is 19.8. The molecule has 0 aliphatic carbocycles. The molecule has 0 fully saturated rings. The maximum Gasteiger partial charge on any atom is 0.243 e. The minimum absolute atomic E-state index is 0.324. The number of ether oxygens (including phenoxy) is 1. The molecule has 1 aromatic rings. The van der Waals surface area contributed by atoms with Gasteiger partial charge in [-0.05, 0) is 50.5 Å². The first kappa shape index (κ1) is 22.1. The van der Waals surface area contributed by atoms with Crippen LogP contribution >= 0.6 is 0 Å². The molecule has 0 saturated heterocycles. The van der Waals surface area contributed by atoms with Gasteiger partial charge in [0.05, 0.1) is 13.2 Å². The van der Waals surface area contributed by atoms with Crippen LogP contribution in [0.5, 0.6) is 5.75 Å². The molecule has 29 heavy (non-hydrogen) atoms. The average Bonchev–Trinajstić information content (AvgIpc) is 2.73. The van der Waals surface area contributed by atoms with Crippen molar-refractivity contribution in [2.45, 2.75) is 32.6 Å². The topological polar surface area (TPSA) is 95.3 Å². The Morgan fingerprint density at radius 1 is 1.24 bits per heavy atom. The second kappa shape index (κ2) is 12.3. The van der Waals surface area contributed by atoms with Gasteiger partial charge in [-0.2, -0.15) is 0 Å². The molecule has 0 radical (unpaired) electrons. The molecule has 154 valence electrons. The molecule has 0 spiro atoms. The van der Waals surface area contributed by atoms with Gasteiger partial charge >= 0.3 is 0 Å². The summed E-state index contributed by atoms with van der Waals surface area (Å²) in [5.41, 5.74) is 3.55. The predicted molar refractivity (Wildman–Crippen MR) is 117 cm³/mol. The summed E-state index contributed by atoms with van der Waals surface area (Å²) in [7, 11) is 0.